The van der Waals surface area contributed by atoms with Crippen molar-refractivity contribution in [1.29, 1.82) is 0 Å². The number of hydrogen-bond donors (Lipinski definition) is 3. The van der Waals surface area contributed by atoms with Crippen LogP contribution in [0.4, 0.5) is 0 Å². The van der Waals surface area contributed by atoms with Crippen molar-refractivity contribution in [2.24, 2.45) is 0 Å². The Balaban J connectivity index is 1.45. The Kier molecular flexibility index (Phi) is 5.07. The number of carbonyl (C=O) groups is 2. The van der Waals surface area contributed by atoms with Gasteiger partial charge in [-0.1, -0.05) is 6.07 Å². The van der Waals surface area contributed by atoms with Crippen molar-refractivity contribution in [3.63, 3.8) is 0 Å². The summed E-state index contributed by atoms with van der Waals surface area (Å²) in [6.45, 7) is 0. The average molecular weight is 394 g/mol. The normalized spacial score (nSPS) is 12.7. The van der Waals surface area contributed by atoms with Crippen molar-refractivity contribution >= 4 is 39.5 Å². The first-order valence-corrected chi connectivity index (χ1v) is 9.07. The number of aromatic amines is 1. The number of carbonyl (C=O) groups excluding carboxylic acids is 2. The van der Waals surface area contributed by atoms with Crippen molar-refractivity contribution in [3.8, 4) is 0 Å². The smallest absolute Gasteiger partial charge is 0.286 e. The van der Waals surface area contributed by atoms with Crippen LogP contribution in [0.5, 0.6) is 0 Å². The molecule has 7 heteroatoms. The number of rotatable bonds is 4. The molecule has 0 atom stereocenters. The molecule has 1 aliphatic rings. The van der Waals surface area contributed by atoms with Crippen LogP contribution >= 0.6 is 27.7 Å². The predicted octanol–water partition coefficient (Wildman–Crippen LogP) is 2.82. The summed E-state index contributed by atoms with van der Waals surface area (Å²) in [5.74, 6) is -0.367. The van der Waals surface area contributed by atoms with Crippen molar-refractivity contribution in [2.75, 3.05) is 5.75 Å². The number of aryl methyl sites for hydroxylation is 2. The number of halogens is 1. The summed E-state index contributed by atoms with van der Waals surface area (Å²) in [5, 5.41) is 0. The van der Waals surface area contributed by atoms with E-state index in [1.54, 1.807) is 12.3 Å². The molecule has 0 spiro atoms. The number of benzene rings is 1. The lowest BCUT2D eigenvalue weighted by Gasteiger charge is -2.07. The molecule has 2 aromatic rings. The van der Waals surface area contributed by atoms with Gasteiger partial charge in [-0.2, -0.15) is 0 Å². The number of aromatic nitrogens is 1. The Morgan fingerprint density at radius 1 is 1.17 bits per heavy atom. The van der Waals surface area contributed by atoms with Gasteiger partial charge in [0.1, 0.15) is 5.69 Å². The lowest BCUT2D eigenvalue weighted by atomic mass is 10.1. The summed E-state index contributed by atoms with van der Waals surface area (Å²) in [6, 6.07) is 8.00. The maximum Gasteiger partial charge on any atom is 0.286 e. The van der Waals surface area contributed by atoms with E-state index >= 15 is 0 Å². The zero-order valence-electron chi connectivity index (χ0n) is 12.3. The summed E-state index contributed by atoms with van der Waals surface area (Å²) in [6.07, 6.45) is 5.14. The van der Waals surface area contributed by atoms with E-state index in [1.807, 2.05) is 0 Å². The Labute approximate surface area is 146 Å². The van der Waals surface area contributed by atoms with Crippen molar-refractivity contribution in [2.45, 2.75) is 24.2 Å². The Hall–Kier alpha value is -1.73. The highest BCUT2D eigenvalue weighted by Crippen LogP contribution is 2.27. The molecule has 2 amide bonds. The third kappa shape index (κ3) is 4.17. The first kappa shape index (κ1) is 16.1. The molecule has 0 fully saturated rings. The van der Waals surface area contributed by atoms with Crippen LogP contribution < -0.4 is 10.9 Å². The van der Waals surface area contributed by atoms with Crippen molar-refractivity contribution in [3.05, 3.63) is 51.8 Å². The second-order valence-corrected chi connectivity index (χ2v) is 7.27. The number of hydrazine groups is 1. The number of H-pyrrole nitrogens is 1. The van der Waals surface area contributed by atoms with Crippen LogP contribution in [0, 0.1) is 0 Å². The van der Waals surface area contributed by atoms with E-state index in [4.69, 9.17) is 0 Å². The van der Waals surface area contributed by atoms with Gasteiger partial charge in [-0.15, -0.1) is 11.8 Å². The summed E-state index contributed by atoms with van der Waals surface area (Å²) in [7, 11) is 0. The molecular weight excluding hydrogens is 378 g/mol. The number of nitrogens with one attached hydrogen (secondary N) is 3. The van der Waals surface area contributed by atoms with Crippen LogP contribution in [-0.2, 0) is 17.6 Å². The van der Waals surface area contributed by atoms with Gasteiger partial charge >= 0.3 is 0 Å². The Bertz CT molecular complexity index is 745. The topological polar surface area (TPSA) is 74.0 Å². The quantitative estimate of drug-likeness (QED) is 0.552. The van der Waals surface area contributed by atoms with Crippen LogP contribution in [0.25, 0.3) is 0 Å². The van der Waals surface area contributed by atoms with E-state index in [-0.39, 0.29) is 17.6 Å². The third-order valence-corrected chi connectivity index (χ3v) is 5.10. The molecule has 1 aromatic heterocycles. The molecular formula is C16H16BrN3O2S. The van der Waals surface area contributed by atoms with Crippen LogP contribution in [-0.4, -0.2) is 22.6 Å². The number of hydrogen-bond acceptors (Lipinski definition) is 3. The molecule has 0 saturated carbocycles. The standard InChI is InChI=1S/C16H16BrN3O2S/c17-12-7-14(18-8-12)16(22)20-19-15(21)9-23-13-5-4-10-2-1-3-11(10)6-13/h4-8,18H,1-3,9H2,(H,19,21)(H,20,22). The van der Waals surface area contributed by atoms with Gasteiger partial charge in [-0.05, 0) is 64.5 Å². The summed E-state index contributed by atoms with van der Waals surface area (Å²) < 4.78 is 0.779. The molecule has 3 rings (SSSR count). The average Bonchev–Trinajstić information content (AvgIpc) is 3.18. The van der Waals surface area contributed by atoms with Gasteiger partial charge in [0.25, 0.3) is 5.91 Å². The molecule has 0 aliphatic heterocycles. The van der Waals surface area contributed by atoms with Gasteiger partial charge in [0, 0.05) is 15.6 Å². The molecule has 5 nitrogen and oxygen atoms in total. The highest BCUT2D eigenvalue weighted by Gasteiger charge is 2.12. The van der Waals surface area contributed by atoms with E-state index in [1.165, 1.54) is 29.3 Å². The molecule has 1 heterocycles. The van der Waals surface area contributed by atoms with Crippen LogP contribution in [0.1, 0.15) is 28.0 Å². The maximum absolute atomic E-state index is 11.8. The van der Waals surface area contributed by atoms with E-state index in [2.05, 4.69) is 50.0 Å². The molecule has 1 aliphatic carbocycles. The zero-order valence-corrected chi connectivity index (χ0v) is 14.7. The van der Waals surface area contributed by atoms with Gasteiger partial charge in [0.2, 0.25) is 5.91 Å². The second-order valence-electron chi connectivity index (χ2n) is 5.31. The molecule has 3 N–H and O–H groups in total. The lowest BCUT2D eigenvalue weighted by molar-refractivity contribution is -0.119. The largest absolute Gasteiger partial charge is 0.356 e. The summed E-state index contributed by atoms with van der Waals surface area (Å²) >= 11 is 4.72. The van der Waals surface area contributed by atoms with Gasteiger partial charge < -0.3 is 4.98 Å². The fraction of sp³-hybridized carbons (Fsp3) is 0.250. The lowest BCUT2D eigenvalue weighted by Crippen LogP contribution is -2.42. The van der Waals surface area contributed by atoms with Crippen molar-refractivity contribution in [1.82, 2.24) is 15.8 Å². The van der Waals surface area contributed by atoms with E-state index in [0.29, 0.717) is 5.69 Å². The first-order valence-electron chi connectivity index (χ1n) is 7.29. The minimum absolute atomic E-state index is 0.241. The van der Waals surface area contributed by atoms with Crippen LogP contribution in [0.3, 0.4) is 0 Å². The Morgan fingerprint density at radius 3 is 2.78 bits per heavy atom. The molecule has 0 unspecified atom stereocenters. The third-order valence-electron chi connectivity index (χ3n) is 3.65. The van der Waals surface area contributed by atoms with E-state index in [0.717, 1.165) is 22.2 Å². The van der Waals surface area contributed by atoms with E-state index in [9.17, 15) is 9.59 Å². The predicted molar refractivity (Wildman–Crippen MR) is 93.3 cm³/mol. The Morgan fingerprint density at radius 2 is 2.00 bits per heavy atom. The fourth-order valence-corrected chi connectivity index (χ4v) is 3.62. The van der Waals surface area contributed by atoms with Gasteiger partial charge in [0.05, 0.1) is 5.75 Å². The van der Waals surface area contributed by atoms with Gasteiger partial charge in [-0.3, -0.25) is 20.4 Å². The highest BCUT2D eigenvalue weighted by molar-refractivity contribution is 9.10. The first-order chi connectivity index (χ1) is 11.1. The highest BCUT2D eigenvalue weighted by atomic mass is 79.9. The number of amides is 2. The van der Waals surface area contributed by atoms with Gasteiger partial charge in [-0.25, -0.2) is 0 Å². The molecule has 1 aromatic carbocycles. The number of thioether (sulfide) groups is 1. The van der Waals surface area contributed by atoms with Crippen LogP contribution in [0.15, 0.2) is 39.8 Å². The zero-order chi connectivity index (χ0) is 16.2. The molecule has 23 heavy (non-hydrogen) atoms. The minimum Gasteiger partial charge on any atom is -0.356 e. The molecule has 0 bridgehead atoms. The fourth-order valence-electron chi connectivity index (χ4n) is 2.52. The summed E-state index contributed by atoms with van der Waals surface area (Å²) in [4.78, 5) is 27.5. The maximum atomic E-state index is 11.8. The molecule has 120 valence electrons. The second kappa shape index (κ2) is 7.23. The molecule has 0 radical (unpaired) electrons. The minimum atomic E-state index is -0.383. The summed E-state index contributed by atoms with van der Waals surface area (Å²) in [5.41, 5.74) is 7.99. The van der Waals surface area contributed by atoms with Crippen LogP contribution in [0.2, 0.25) is 0 Å². The monoisotopic (exact) mass is 393 g/mol. The van der Waals surface area contributed by atoms with Gasteiger partial charge in [0.15, 0.2) is 0 Å². The SMILES string of the molecule is O=C(CSc1ccc2c(c1)CCC2)NNC(=O)c1cc(Br)c[nH]1. The van der Waals surface area contributed by atoms with E-state index < -0.39 is 0 Å². The molecule has 0 saturated heterocycles. The van der Waals surface area contributed by atoms with Crippen molar-refractivity contribution < 1.29 is 9.59 Å². The number of fused-ring (bicyclic) bond motifs is 1.